The van der Waals surface area contributed by atoms with Crippen molar-refractivity contribution in [3.8, 4) is 16.9 Å². The lowest BCUT2D eigenvalue weighted by Crippen LogP contribution is -2.37. The van der Waals surface area contributed by atoms with Crippen LogP contribution in [0, 0.1) is 5.82 Å². The zero-order chi connectivity index (χ0) is 27.7. The Morgan fingerprint density at radius 1 is 1.13 bits per heavy atom. The van der Waals surface area contributed by atoms with Gasteiger partial charge in [0.15, 0.2) is 11.6 Å². The second-order valence-corrected chi connectivity index (χ2v) is 9.88. The fourth-order valence-electron chi connectivity index (χ4n) is 4.96. The van der Waals surface area contributed by atoms with E-state index in [4.69, 9.17) is 16.3 Å². The summed E-state index contributed by atoms with van der Waals surface area (Å²) in [5.41, 5.74) is 5.22. The van der Waals surface area contributed by atoms with Gasteiger partial charge in [-0.2, -0.15) is 0 Å². The Kier molecular flexibility index (Phi) is 7.54. The lowest BCUT2D eigenvalue weighted by Gasteiger charge is -2.31. The minimum atomic E-state index is -0.721. The zero-order valence-electron chi connectivity index (χ0n) is 21.9. The number of hydrogen-bond donors (Lipinski definition) is 2. The second-order valence-electron chi connectivity index (χ2n) is 9.53. The van der Waals surface area contributed by atoms with Gasteiger partial charge in [-0.25, -0.2) is 14.4 Å². The summed E-state index contributed by atoms with van der Waals surface area (Å²) in [6.45, 7) is 2.94. The van der Waals surface area contributed by atoms with Crippen LogP contribution in [0.25, 0.3) is 11.1 Å². The summed E-state index contributed by atoms with van der Waals surface area (Å²) in [4.78, 5) is 24.3. The van der Waals surface area contributed by atoms with E-state index in [2.05, 4.69) is 15.3 Å². The van der Waals surface area contributed by atoms with Gasteiger partial charge in [-0.3, -0.25) is 4.79 Å². The molecule has 0 saturated heterocycles. The first kappa shape index (κ1) is 26.6. The van der Waals surface area contributed by atoms with E-state index < -0.39 is 11.9 Å². The number of anilines is 1. The standard InChI is InChI=1S/C29H29ClFN5O3/c1-17(37)20-13-23(27(30)34-14-20)22-10-19(16-36-9-7-33-29(36)32-2)11-24-21(22)6-8-35(28(24)38)15-18-4-5-25(31)26(12-18)39-3/h4-5,7,9-14,17,37H,6,8,15-16H2,1-3H3,(H,32,33)/t17-/m1/s1. The van der Waals surface area contributed by atoms with Crippen molar-refractivity contribution in [3.63, 3.8) is 0 Å². The third-order valence-electron chi connectivity index (χ3n) is 6.97. The van der Waals surface area contributed by atoms with Crippen LogP contribution in [0.4, 0.5) is 10.3 Å². The average Bonchev–Trinajstić information content (AvgIpc) is 3.38. The van der Waals surface area contributed by atoms with E-state index in [1.165, 1.54) is 13.2 Å². The van der Waals surface area contributed by atoms with E-state index in [9.17, 15) is 14.3 Å². The molecule has 1 amide bonds. The van der Waals surface area contributed by atoms with Crippen molar-refractivity contribution in [1.82, 2.24) is 19.4 Å². The second kappa shape index (κ2) is 11.0. The van der Waals surface area contributed by atoms with Crippen molar-refractivity contribution in [1.29, 1.82) is 0 Å². The predicted octanol–water partition coefficient (Wildman–Crippen LogP) is 5.09. The average molecular weight is 550 g/mol. The number of ether oxygens (including phenoxy) is 1. The number of imidazole rings is 1. The van der Waals surface area contributed by atoms with Crippen LogP contribution in [-0.2, 0) is 19.5 Å². The molecule has 0 spiro atoms. The monoisotopic (exact) mass is 549 g/mol. The number of aromatic nitrogens is 3. The number of rotatable bonds is 8. The van der Waals surface area contributed by atoms with E-state index >= 15 is 0 Å². The summed E-state index contributed by atoms with van der Waals surface area (Å²) in [5, 5.41) is 13.6. The summed E-state index contributed by atoms with van der Waals surface area (Å²) < 4.78 is 21.0. The first-order valence-electron chi connectivity index (χ1n) is 12.6. The Bertz CT molecular complexity index is 1540. The summed E-state index contributed by atoms with van der Waals surface area (Å²) in [6, 6.07) is 10.4. The summed E-state index contributed by atoms with van der Waals surface area (Å²) in [5.74, 6) is 0.264. The van der Waals surface area contributed by atoms with Crippen molar-refractivity contribution in [3.05, 3.63) is 93.8 Å². The van der Waals surface area contributed by atoms with Gasteiger partial charge in [0.2, 0.25) is 5.95 Å². The molecule has 1 aliphatic rings. The molecular weight excluding hydrogens is 521 g/mol. The van der Waals surface area contributed by atoms with Crippen molar-refractivity contribution in [2.75, 3.05) is 26.0 Å². The molecule has 2 N–H and O–H groups in total. The Hall–Kier alpha value is -3.95. The van der Waals surface area contributed by atoms with Gasteiger partial charge < -0.3 is 24.6 Å². The largest absolute Gasteiger partial charge is 0.494 e. The molecule has 0 aliphatic carbocycles. The number of carbonyl (C=O) groups excluding carboxylic acids is 1. The number of aliphatic hydroxyl groups is 1. The van der Waals surface area contributed by atoms with Gasteiger partial charge in [-0.1, -0.05) is 17.7 Å². The highest BCUT2D eigenvalue weighted by molar-refractivity contribution is 6.32. The molecule has 4 aromatic rings. The van der Waals surface area contributed by atoms with E-state index in [1.807, 2.05) is 29.0 Å². The van der Waals surface area contributed by atoms with Crippen LogP contribution in [0.5, 0.6) is 5.75 Å². The maximum Gasteiger partial charge on any atom is 0.254 e. The first-order chi connectivity index (χ1) is 18.8. The third kappa shape index (κ3) is 5.32. The Morgan fingerprint density at radius 2 is 1.92 bits per heavy atom. The van der Waals surface area contributed by atoms with Gasteiger partial charge in [-0.15, -0.1) is 0 Å². The molecule has 202 valence electrons. The quantitative estimate of drug-likeness (QED) is 0.298. The van der Waals surface area contributed by atoms with Crippen LogP contribution in [-0.4, -0.2) is 51.2 Å². The van der Waals surface area contributed by atoms with Crippen LogP contribution in [0.1, 0.15) is 45.6 Å². The lowest BCUT2D eigenvalue weighted by molar-refractivity contribution is 0.0727. The van der Waals surface area contributed by atoms with Gasteiger partial charge in [0, 0.05) is 49.9 Å². The minimum Gasteiger partial charge on any atom is -0.494 e. The Morgan fingerprint density at radius 3 is 2.67 bits per heavy atom. The number of methoxy groups -OCH3 is 1. The van der Waals surface area contributed by atoms with E-state index in [0.717, 1.165) is 22.3 Å². The molecule has 0 fully saturated rings. The predicted molar refractivity (Wildman–Crippen MR) is 148 cm³/mol. The van der Waals surface area contributed by atoms with Crippen LogP contribution < -0.4 is 10.1 Å². The number of carbonyl (C=O) groups is 1. The number of fused-ring (bicyclic) bond motifs is 1. The number of aliphatic hydroxyl groups excluding tert-OH is 1. The number of benzene rings is 2. The Balaban J connectivity index is 1.58. The molecular formula is C29H29ClFN5O3. The van der Waals surface area contributed by atoms with Crippen molar-refractivity contribution < 1.29 is 19.0 Å². The van der Waals surface area contributed by atoms with E-state index in [0.29, 0.717) is 53.8 Å². The van der Waals surface area contributed by atoms with E-state index in [1.54, 1.807) is 43.4 Å². The molecule has 2 aromatic carbocycles. The zero-order valence-corrected chi connectivity index (χ0v) is 22.7. The molecule has 39 heavy (non-hydrogen) atoms. The van der Waals surface area contributed by atoms with Crippen LogP contribution >= 0.6 is 11.6 Å². The summed E-state index contributed by atoms with van der Waals surface area (Å²) in [7, 11) is 3.22. The molecule has 0 radical (unpaired) electrons. The highest BCUT2D eigenvalue weighted by atomic mass is 35.5. The van der Waals surface area contributed by atoms with Crippen LogP contribution in [0.2, 0.25) is 5.15 Å². The molecule has 10 heteroatoms. The Labute approximate surface area is 231 Å². The highest BCUT2D eigenvalue weighted by Gasteiger charge is 2.29. The van der Waals surface area contributed by atoms with Crippen LogP contribution in [0.3, 0.4) is 0 Å². The van der Waals surface area contributed by atoms with Crippen LogP contribution in [0.15, 0.2) is 55.0 Å². The topological polar surface area (TPSA) is 92.5 Å². The number of halogens is 2. The maximum absolute atomic E-state index is 13.9. The number of amides is 1. The van der Waals surface area contributed by atoms with Gasteiger partial charge in [-0.05, 0) is 71.5 Å². The molecule has 8 nitrogen and oxygen atoms in total. The molecule has 3 heterocycles. The molecule has 1 atom stereocenters. The first-order valence-corrected chi connectivity index (χ1v) is 13.0. The molecule has 2 aromatic heterocycles. The van der Waals surface area contributed by atoms with Gasteiger partial charge >= 0.3 is 0 Å². The summed E-state index contributed by atoms with van der Waals surface area (Å²) in [6.07, 6.45) is 5.01. The number of hydrogen-bond acceptors (Lipinski definition) is 6. The summed E-state index contributed by atoms with van der Waals surface area (Å²) >= 11 is 6.58. The SMILES string of the molecule is CNc1nccn1Cc1cc2c(c(-c3cc([C@@H](C)O)cnc3Cl)c1)CCN(Cc1ccc(F)c(OC)c1)C2=O. The molecule has 0 bridgehead atoms. The third-order valence-corrected chi connectivity index (χ3v) is 7.27. The molecule has 1 aliphatic heterocycles. The minimum absolute atomic E-state index is 0.127. The fraction of sp³-hybridized carbons (Fsp3) is 0.276. The fourth-order valence-corrected chi connectivity index (χ4v) is 5.16. The molecule has 0 unspecified atom stereocenters. The number of nitrogens with zero attached hydrogens (tertiary/aromatic N) is 4. The van der Waals surface area contributed by atoms with Crippen molar-refractivity contribution in [2.45, 2.75) is 32.5 Å². The smallest absolute Gasteiger partial charge is 0.254 e. The normalized spacial score (nSPS) is 13.8. The lowest BCUT2D eigenvalue weighted by atomic mass is 9.88. The van der Waals surface area contributed by atoms with Crippen molar-refractivity contribution in [2.24, 2.45) is 0 Å². The molecule has 0 saturated carbocycles. The van der Waals surface area contributed by atoms with Crippen molar-refractivity contribution >= 4 is 23.5 Å². The van der Waals surface area contributed by atoms with Gasteiger partial charge in [0.05, 0.1) is 19.8 Å². The number of nitrogens with one attached hydrogen (secondary N) is 1. The maximum atomic E-state index is 13.9. The highest BCUT2D eigenvalue weighted by Crippen LogP contribution is 2.37. The van der Waals surface area contributed by atoms with Gasteiger partial charge in [0.1, 0.15) is 5.15 Å². The van der Waals surface area contributed by atoms with Gasteiger partial charge in [0.25, 0.3) is 5.91 Å². The number of pyridine rings is 1. The molecule has 5 rings (SSSR count). The van der Waals surface area contributed by atoms with E-state index in [-0.39, 0.29) is 11.7 Å².